The highest BCUT2D eigenvalue weighted by molar-refractivity contribution is 7.91. The third-order valence-corrected chi connectivity index (χ3v) is 10.1. The van der Waals surface area contributed by atoms with Crippen molar-refractivity contribution in [2.24, 2.45) is 0 Å². The minimum absolute atomic E-state index is 0.196. The number of nitrogens with one attached hydrogen (secondary N) is 2. The van der Waals surface area contributed by atoms with Gasteiger partial charge < -0.3 is 10.1 Å². The summed E-state index contributed by atoms with van der Waals surface area (Å²) < 4.78 is 31.9. The number of sulfonamides is 1. The molecule has 1 atom stereocenters. The summed E-state index contributed by atoms with van der Waals surface area (Å²) in [5.41, 5.74) is 1.08. The van der Waals surface area contributed by atoms with Crippen molar-refractivity contribution in [2.75, 3.05) is 19.0 Å². The number of ether oxygens (including phenoxy) is 1. The molecule has 12 heteroatoms. The van der Waals surface area contributed by atoms with E-state index in [0.29, 0.717) is 24.3 Å². The van der Waals surface area contributed by atoms with E-state index in [2.05, 4.69) is 15.4 Å². The molecule has 4 rings (SSSR count). The van der Waals surface area contributed by atoms with Gasteiger partial charge in [-0.25, -0.2) is 13.2 Å². The van der Waals surface area contributed by atoms with Crippen LogP contribution in [0.15, 0.2) is 21.7 Å². The number of carbonyl (C=O) groups excluding carboxylic acids is 3. The topological polar surface area (TPSA) is 122 Å². The molecule has 2 N–H and O–H groups in total. The Bertz CT molecular complexity index is 1140. The van der Waals surface area contributed by atoms with Gasteiger partial charge in [-0.2, -0.15) is 4.31 Å². The zero-order valence-corrected chi connectivity index (χ0v) is 19.8. The number of fused-ring (bicyclic) bond motifs is 1. The van der Waals surface area contributed by atoms with Gasteiger partial charge in [-0.1, -0.05) is 6.07 Å². The molecule has 3 amide bonds. The van der Waals surface area contributed by atoms with Crippen molar-refractivity contribution < 1.29 is 27.5 Å². The first-order chi connectivity index (χ1) is 15.3. The SMILES string of the molecule is COC(=O)NC(=O)c1c(NC(=O)C2CCCN2S(=O)(=O)c2cccs2)sc2c1CCCC2. The highest BCUT2D eigenvalue weighted by atomic mass is 32.2. The smallest absolute Gasteiger partial charge is 0.413 e. The third-order valence-electron chi connectivity index (χ3n) is 5.60. The van der Waals surface area contributed by atoms with Gasteiger partial charge in [0.1, 0.15) is 15.3 Å². The third kappa shape index (κ3) is 4.32. The molecule has 172 valence electrons. The van der Waals surface area contributed by atoms with Crippen LogP contribution in [0.5, 0.6) is 0 Å². The first-order valence-corrected chi connectivity index (χ1v) is 13.4. The van der Waals surface area contributed by atoms with Gasteiger partial charge >= 0.3 is 6.09 Å². The highest BCUT2D eigenvalue weighted by Crippen LogP contribution is 2.39. The minimum atomic E-state index is -3.78. The Morgan fingerprint density at radius 2 is 1.97 bits per heavy atom. The molecule has 0 spiro atoms. The summed E-state index contributed by atoms with van der Waals surface area (Å²) in [6, 6.07) is 2.32. The Morgan fingerprint density at radius 1 is 1.19 bits per heavy atom. The maximum absolute atomic E-state index is 13.2. The largest absolute Gasteiger partial charge is 0.453 e. The number of hydrogen-bond donors (Lipinski definition) is 2. The van der Waals surface area contributed by atoms with Gasteiger partial charge in [-0.05, 0) is 55.5 Å². The molecular weight excluding hydrogens is 474 g/mol. The Hall–Kier alpha value is -2.28. The van der Waals surface area contributed by atoms with E-state index in [0.717, 1.165) is 48.1 Å². The van der Waals surface area contributed by atoms with Gasteiger partial charge in [0.05, 0.1) is 12.7 Å². The number of hydrogen-bond acceptors (Lipinski definition) is 8. The van der Waals surface area contributed by atoms with Gasteiger partial charge in [0.15, 0.2) is 0 Å². The fourth-order valence-corrected chi connectivity index (χ4v) is 8.18. The first-order valence-electron chi connectivity index (χ1n) is 10.2. The van der Waals surface area contributed by atoms with Gasteiger partial charge in [0, 0.05) is 11.4 Å². The second-order valence-electron chi connectivity index (χ2n) is 7.56. The van der Waals surface area contributed by atoms with Crippen LogP contribution in [0.1, 0.15) is 46.5 Å². The predicted octanol–water partition coefficient (Wildman–Crippen LogP) is 2.98. The lowest BCUT2D eigenvalue weighted by atomic mass is 9.95. The molecule has 0 radical (unpaired) electrons. The van der Waals surface area contributed by atoms with Crippen LogP contribution >= 0.6 is 22.7 Å². The van der Waals surface area contributed by atoms with Crippen LogP contribution in [0.4, 0.5) is 9.80 Å². The number of aryl methyl sites for hydroxylation is 1. The maximum atomic E-state index is 13.2. The van der Waals surface area contributed by atoms with Gasteiger partial charge in [-0.3, -0.25) is 14.9 Å². The summed E-state index contributed by atoms with van der Waals surface area (Å²) in [5.74, 6) is -1.12. The molecule has 0 aromatic carbocycles. The lowest BCUT2D eigenvalue weighted by Gasteiger charge is -2.22. The second-order valence-corrected chi connectivity index (χ2v) is 11.7. The molecule has 1 aliphatic heterocycles. The minimum Gasteiger partial charge on any atom is -0.453 e. The molecule has 1 aliphatic carbocycles. The highest BCUT2D eigenvalue weighted by Gasteiger charge is 2.40. The van der Waals surface area contributed by atoms with E-state index in [1.54, 1.807) is 11.4 Å². The quantitative estimate of drug-likeness (QED) is 0.655. The summed E-state index contributed by atoms with van der Waals surface area (Å²) in [6.45, 7) is 0.259. The van der Waals surface area contributed by atoms with Crippen molar-refractivity contribution in [2.45, 2.75) is 48.8 Å². The van der Waals surface area contributed by atoms with E-state index in [1.165, 1.54) is 21.7 Å². The number of imide groups is 1. The van der Waals surface area contributed by atoms with Gasteiger partial charge in [0.25, 0.3) is 15.9 Å². The molecule has 3 heterocycles. The Kier molecular flexibility index (Phi) is 6.65. The molecule has 1 fully saturated rings. The van der Waals surface area contributed by atoms with Crippen molar-refractivity contribution in [1.29, 1.82) is 0 Å². The molecular formula is C20H23N3O6S3. The maximum Gasteiger partial charge on any atom is 0.413 e. The van der Waals surface area contributed by atoms with E-state index in [9.17, 15) is 22.8 Å². The summed E-state index contributed by atoms with van der Waals surface area (Å²) in [7, 11) is -2.61. The Labute approximate surface area is 193 Å². The Morgan fingerprint density at radius 3 is 2.69 bits per heavy atom. The molecule has 1 saturated heterocycles. The summed E-state index contributed by atoms with van der Waals surface area (Å²) >= 11 is 2.42. The van der Waals surface area contributed by atoms with Crippen LogP contribution in [0.2, 0.25) is 0 Å². The molecule has 1 unspecified atom stereocenters. The number of amides is 3. The monoisotopic (exact) mass is 497 g/mol. The van der Waals surface area contributed by atoms with E-state index in [-0.39, 0.29) is 16.3 Å². The molecule has 0 saturated carbocycles. The summed E-state index contributed by atoms with van der Waals surface area (Å²) in [5, 5.41) is 6.98. The van der Waals surface area contributed by atoms with Crippen molar-refractivity contribution in [3.63, 3.8) is 0 Å². The fourth-order valence-electron chi connectivity index (χ4n) is 4.11. The number of methoxy groups -OCH3 is 1. The lowest BCUT2D eigenvalue weighted by molar-refractivity contribution is -0.119. The molecule has 2 aromatic rings. The van der Waals surface area contributed by atoms with E-state index < -0.39 is 34.0 Å². The van der Waals surface area contributed by atoms with Crippen molar-refractivity contribution in [3.8, 4) is 0 Å². The zero-order valence-electron chi connectivity index (χ0n) is 17.4. The van der Waals surface area contributed by atoms with Crippen LogP contribution in [0, 0.1) is 0 Å². The van der Waals surface area contributed by atoms with Crippen LogP contribution in [-0.4, -0.2) is 50.3 Å². The number of rotatable bonds is 5. The van der Waals surface area contributed by atoms with Crippen LogP contribution in [-0.2, 0) is 32.4 Å². The Balaban J connectivity index is 1.61. The number of carbonyl (C=O) groups is 3. The van der Waals surface area contributed by atoms with Crippen LogP contribution < -0.4 is 10.6 Å². The number of thiophene rings is 2. The van der Waals surface area contributed by atoms with Gasteiger partial charge in [0.2, 0.25) is 5.91 Å². The molecule has 0 bridgehead atoms. The van der Waals surface area contributed by atoms with Crippen molar-refractivity contribution in [1.82, 2.24) is 9.62 Å². The van der Waals surface area contributed by atoms with Crippen molar-refractivity contribution in [3.05, 3.63) is 33.5 Å². The predicted molar refractivity (Wildman–Crippen MR) is 121 cm³/mol. The number of nitrogens with zero attached hydrogens (tertiary/aromatic N) is 1. The van der Waals surface area contributed by atoms with Gasteiger partial charge in [-0.15, -0.1) is 22.7 Å². The number of alkyl carbamates (subject to hydrolysis) is 1. The van der Waals surface area contributed by atoms with Crippen LogP contribution in [0.3, 0.4) is 0 Å². The summed E-state index contributed by atoms with van der Waals surface area (Å²) in [6.07, 6.45) is 3.43. The average Bonchev–Trinajstić information content (AvgIpc) is 3.52. The molecule has 2 aliphatic rings. The molecule has 32 heavy (non-hydrogen) atoms. The molecule has 2 aromatic heterocycles. The van der Waals surface area contributed by atoms with E-state index >= 15 is 0 Å². The second kappa shape index (κ2) is 9.30. The van der Waals surface area contributed by atoms with Crippen molar-refractivity contribution >= 4 is 55.6 Å². The normalized spacial score (nSPS) is 18.7. The van der Waals surface area contributed by atoms with E-state index in [4.69, 9.17) is 0 Å². The lowest BCUT2D eigenvalue weighted by Crippen LogP contribution is -2.43. The first kappa shape index (κ1) is 22.9. The average molecular weight is 498 g/mol. The fraction of sp³-hybridized carbons (Fsp3) is 0.450. The standard InChI is InChI=1S/C20H23N3O6S3/c1-29-20(26)22-18(25)16-12-6-2-3-8-14(12)31-19(16)21-17(24)13-7-4-10-23(13)32(27,28)15-9-5-11-30-15/h5,9,11,13H,2-4,6-8,10H2,1H3,(H,21,24)(H,22,25,26). The molecule has 9 nitrogen and oxygen atoms in total. The zero-order chi connectivity index (χ0) is 22.9. The number of anilines is 1. The summed E-state index contributed by atoms with van der Waals surface area (Å²) in [4.78, 5) is 38.5. The van der Waals surface area contributed by atoms with E-state index in [1.807, 2.05) is 0 Å². The van der Waals surface area contributed by atoms with Crippen LogP contribution in [0.25, 0.3) is 0 Å².